The van der Waals surface area contributed by atoms with Crippen molar-refractivity contribution in [2.75, 3.05) is 5.32 Å². The Hall–Kier alpha value is -2.64. The molecule has 0 atom stereocenters. The third-order valence-corrected chi connectivity index (χ3v) is 4.81. The van der Waals surface area contributed by atoms with E-state index in [2.05, 4.69) is 10.3 Å². The van der Waals surface area contributed by atoms with Crippen molar-refractivity contribution in [3.8, 4) is 0 Å². The molecule has 0 aliphatic carbocycles. The van der Waals surface area contributed by atoms with Gasteiger partial charge in [-0.2, -0.15) is 0 Å². The molecule has 0 saturated carbocycles. The second-order valence-corrected chi connectivity index (χ2v) is 7.26. The van der Waals surface area contributed by atoms with E-state index in [-0.39, 0.29) is 10.8 Å². The molecule has 0 unspecified atom stereocenters. The summed E-state index contributed by atoms with van der Waals surface area (Å²) in [5, 5.41) is 8.81. The molecule has 0 aliphatic heterocycles. The Kier molecular flexibility index (Phi) is 3.90. The fraction of sp³-hybridized carbons (Fsp3) is 0.118. The van der Waals surface area contributed by atoms with E-state index in [0.29, 0.717) is 11.4 Å². The molecule has 3 rings (SSSR count). The van der Waals surface area contributed by atoms with Crippen LogP contribution in [-0.2, 0) is 10.0 Å². The number of sulfonamides is 1. The predicted molar refractivity (Wildman–Crippen MR) is 93.5 cm³/mol. The van der Waals surface area contributed by atoms with E-state index in [9.17, 15) is 13.2 Å². The number of nitrogens with two attached hydrogens (primary N) is 1. The van der Waals surface area contributed by atoms with Crippen LogP contribution in [0.25, 0.3) is 10.9 Å². The fourth-order valence-electron chi connectivity index (χ4n) is 2.59. The molecular formula is C17H17N3O3S. The summed E-state index contributed by atoms with van der Waals surface area (Å²) in [5.74, 6) is -0.287. The molecule has 1 heterocycles. The number of carbonyl (C=O) groups is 1. The average molecular weight is 343 g/mol. The van der Waals surface area contributed by atoms with Crippen LogP contribution in [0.5, 0.6) is 0 Å². The van der Waals surface area contributed by atoms with E-state index >= 15 is 0 Å². The van der Waals surface area contributed by atoms with Crippen LogP contribution >= 0.6 is 0 Å². The molecule has 0 aliphatic rings. The van der Waals surface area contributed by atoms with Gasteiger partial charge in [-0.15, -0.1) is 0 Å². The van der Waals surface area contributed by atoms with Gasteiger partial charge >= 0.3 is 0 Å². The van der Waals surface area contributed by atoms with Crippen LogP contribution in [0.4, 0.5) is 5.69 Å². The Morgan fingerprint density at radius 2 is 1.75 bits per heavy atom. The first-order valence-corrected chi connectivity index (χ1v) is 8.83. The molecule has 0 spiro atoms. The smallest absolute Gasteiger partial charge is 0.272 e. The minimum absolute atomic E-state index is 0.00207. The van der Waals surface area contributed by atoms with E-state index < -0.39 is 10.0 Å². The second-order valence-electron chi connectivity index (χ2n) is 5.70. The Labute approximate surface area is 139 Å². The average Bonchev–Trinajstić information content (AvgIpc) is 2.84. The molecule has 0 radical (unpaired) electrons. The number of aromatic nitrogens is 1. The number of carbonyl (C=O) groups excluding carboxylic acids is 1. The van der Waals surface area contributed by atoms with Gasteiger partial charge in [0, 0.05) is 16.6 Å². The summed E-state index contributed by atoms with van der Waals surface area (Å²) in [5.41, 5.74) is 3.85. The minimum Gasteiger partial charge on any atom is -0.350 e. The number of aryl methyl sites for hydroxylation is 2. The van der Waals surface area contributed by atoms with Crippen molar-refractivity contribution < 1.29 is 13.2 Å². The number of hydrogen-bond acceptors (Lipinski definition) is 3. The topological polar surface area (TPSA) is 105 Å². The molecule has 0 bridgehead atoms. The first-order valence-electron chi connectivity index (χ1n) is 7.29. The number of hydrogen-bond donors (Lipinski definition) is 3. The zero-order chi connectivity index (χ0) is 17.5. The van der Waals surface area contributed by atoms with Crippen molar-refractivity contribution in [2.45, 2.75) is 18.7 Å². The highest BCUT2D eigenvalue weighted by atomic mass is 32.2. The lowest BCUT2D eigenvalue weighted by Crippen LogP contribution is -2.14. The van der Waals surface area contributed by atoms with Crippen molar-refractivity contribution in [3.63, 3.8) is 0 Å². The Morgan fingerprint density at radius 1 is 1.08 bits per heavy atom. The highest BCUT2D eigenvalue weighted by Crippen LogP contribution is 2.23. The molecule has 0 saturated heterocycles. The van der Waals surface area contributed by atoms with Crippen molar-refractivity contribution in [1.82, 2.24) is 4.98 Å². The Bertz CT molecular complexity index is 1030. The number of benzene rings is 2. The van der Waals surface area contributed by atoms with Crippen LogP contribution in [0.3, 0.4) is 0 Å². The third kappa shape index (κ3) is 3.04. The summed E-state index contributed by atoms with van der Waals surface area (Å²) in [4.78, 5) is 15.6. The van der Waals surface area contributed by atoms with E-state index in [0.717, 1.165) is 22.0 Å². The van der Waals surface area contributed by atoms with Gasteiger partial charge in [0.1, 0.15) is 5.69 Å². The van der Waals surface area contributed by atoms with Gasteiger partial charge in [0.2, 0.25) is 10.0 Å². The molecule has 4 N–H and O–H groups in total. The van der Waals surface area contributed by atoms with E-state index in [1.54, 1.807) is 0 Å². The van der Waals surface area contributed by atoms with Crippen molar-refractivity contribution in [2.24, 2.45) is 5.14 Å². The first kappa shape index (κ1) is 16.2. The molecule has 3 aromatic rings. The van der Waals surface area contributed by atoms with Gasteiger partial charge in [0.25, 0.3) is 5.91 Å². The van der Waals surface area contributed by atoms with E-state index in [4.69, 9.17) is 5.14 Å². The van der Waals surface area contributed by atoms with Crippen LogP contribution in [0.15, 0.2) is 47.4 Å². The zero-order valence-corrected chi connectivity index (χ0v) is 14.1. The summed E-state index contributed by atoms with van der Waals surface area (Å²) in [6.45, 7) is 3.88. The van der Waals surface area contributed by atoms with Gasteiger partial charge < -0.3 is 10.3 Å². The third-order valence-electron chi connectivity index (χ3n) is 3.88. The Morgan fingerprint density at radius 3 is 2.38 bits per heavy atom. The molecule has 24 heavy (non-hydrogen) atoms. The minimum atomic E-state index is -3.75. The second kappa shape index (κ2) is 5.77. The highest BCUT2D eigenvalue weighted by molar-refractivity contribution is 7.89. The van der Waals surface area contributed by atoms with Crippen molar-refractivity contribution in [1.29, 1.82) is 0 Å². The van der Waals surface area contributed by atoms with Crippen LogP contribution in [0.1, 0.15) is 21.6 Å². The van der Waals surface area contributed by atoms with Crippen LogP contribution < -0.4 is 10.5 Å². The number of rotatable bonds is 3. The maximum Gasteiger partial charge on any atom is 0.272 e. The van der Waals surface area contributed by atoms with Gasteiger partial charge in [-0.1, -0.05) is 11.6 Å². The van der Waals surface area contributed by atoms with Gasteiger partial charge in [-0.05, 0) is 55.8 Å². The normalized spacial score (nSPS) is 11.6. The maximum atomic E-state index is 12.5. The lowest BCUT2D eigenvalue weighted by atomic mass is 10.1. The number of primary sulfonamides is 1. The largest absolute Gasteiger partial charge is 0.350 e. The summed E-state index contributed by atoms with van der Waals surface area (Å²) >= 11 is 0. The number of amides is 1. The standard InChI is InChI=1S/C17H17N3O3S/c1-10-3-8-15-14(9-10)11(2)16(20-15)17(21)19-12-4-6-13(7-5-12)24(18,22)23/h3-9,20H,1-2H3,(H,19,21)(H2,18,22,23). The van der Waals surface area contributed by atoms with Gasteiger partial charge in [0.05, 0.1) is 4.90 Å². The van der Waals surface area contributed by atoms with Gasteiger partial charge in [0.15, 0.2) is 0 Å². The van der Waals surface area contributed by atoms with E-state index in [1.165, 1.54) is 24.3 Å². The molecule has 7 heteroatoms. The summed E-state index contributed by atoms with van der Waals surface area (Å²) in [7, 11) is -3.75. The molecule has 6 nitrogen and oxygen atoms in total. The summed E-state index contributed by atoms with van der Waals surface area (Å²) < 4.78 is 22.5. The lowest BCUT2D eigenvalue weighted by Gasteiger charge is -2.05. The summed E-state index contributed by atoms with van der Waals surface area (Å²) in [6.07, 6.45) is 0. The summed E-state index contributed by atoms with van der Waals surface area (Å²) in [6, 6.07) is 11.7. The molecule has 0 fully saturated rings. The molecule has 1 aromatic heterocycles. The quantitative estimate of drug-likeness (QED) is 0.681. The van der Waals surface area contributed by atoms with Crippen molar-refractivity contribution in [3.05, 3.63) is 59.3 Å². The number of fused-ring (bicyclic) bond motifs is 1. The predicted octanol–water partition coefficient (Wildman–Crippen LogP) is 2.68. The fourth-order valence-corrected chi connectivity index (χ4v) is 3.10. The molecule has 2 aromatic carbocycles. The molecule has 124 valence electrons. The number of anilines is 1. The monoisotopic (exact) mass is 343 g/mol. The number of aromatic amines is 1. The lowest BCUT2D eigenvalue weighted by molar-refractivity contribution is 0.102. The molecular weight excluding hydrogens is 326 g/mol. The maximum absolute atomic E-state index is 12.5. The number of H-pyrrole nitrogens is 1. The number of nitrogens with one attached hydrogen (secondary N) is 2. The van der Waals surface area contributed by atoms with Gasteiger partial charge in [-0.3, -0.25) is 4.79 Å². The van der Waals surface area contributed by atoms with E-state index in [1.807, 2.05) is 32.0 Å². The van der Waals surface area contributed by atoms with Crippen LogP contribution in [0.2, 0.25) is 0 Å². The highest BCUT2D eigenvalue weighted by Gasteiger charge is 2.15. The molecule has 1 amide bonds. The first-order chi connectivity index (χ1) is 11.3. The zero-order valence-electron chi connectivity index (χ0n) is 13.3. The SMILES string of the molecule is Cc1ccc2[nH]c(C(=O)Nc3ccc(S(N)(=O)=O)cc3)c(C)c2c1. The van der Waals surface area contributed by atoms with Gasteiger partial charge in [-0.25, -0.2) is 13.6 Å². The van der Waals surface area contributed by atoms with Crippen molar-refractivity contribution >= 4 is 32.5 Å². The van der Waals surface area contributed by atoms with Crippen LogP contribution in [-0.4, -0.2) is 19.3 Å². The van der Waals surface area contributed by atoms with Crippen LogP contribution in [0, 0.1) is 13.8 Å². The Balaban J connectivity index is 1.89.